The molecule has 4 nitrogen and oxygen atoms in total. The van der Waals surface area contributed by atoms with E-state index in [0.29, 0.717) is 0 Å². The Morgan fingerprint density at radius 2 is 1.40 bits per heavy atom. The standard InChI is InChI=1S/C15H15NO3S/c1-11-3-7-13(8-4-11)15-16(19-15)20(17,18)14-9-5-12(2)6-10-14/h3-10,15H,1-2H3/t15-,16?/m0/s1. The Labute approximate surface area is 118 Å². The topological polar surface area (TPSA) is 49.7 Å². The van der Waals surface area contributed by atoms with Crippen molar-refractivity contribution in [3.8, 4) is 0 Å². The van der Waals surface area contributed by atoms with Crippen molar-refractivity contribution >= 4 is 10.0 Å². The lowest BCUT2D eigenvalue weighted by atomic mass is 10.1. The zero-order chi connectivity index (χ0) is 14.3. The molecule has 0 radical (unpaired) electrons. The third-order valence-corrected chi connectivity index (χ3v) is 4.89. The van der Waals surface area contributed by atoms with Crippen LogP contribution in [0.15, 0.2) is 53.4 Å². The highest BCUT2D eigenvalue weighted by Gasteiger charge is 2.48. The maximum Gasteiger partial charge on any atom is 0.267 e. The van der Waals surface area contributed by atoms with Crippen LogP contribution in [0, 0.1) is 13.8 Å². The highest BCUT2D eigenvalue weighted by molar-refractivity contribution is 7.89. The largest absolute Gasteiger partial charge is 0.267 e. The van der Waals surface area contributed by atoms with Crippen molar-refractivity contribution in [1.29, 1.82) is 0 Å². The molecule has 0 aromatic heterocycles. The monoisotopic (exact) mass is 289 g/mol. The first-order valence-electron chi connectivity index (χ1n) is 6.33. The molecule has 1 heterocycles. The molecule has 1 saturated heterocycles. The van der Waals surface area contributed by atoms with Gasteiger partial charge in [0.25, 0.3) is 10.0 Å². The Morgan fingerprint density at radius 3 is 1.95 bits per heavy atom. The second kappa shape index (κ2) is 4.70. The highest BCUT2D eigenvalue weighted by atomic mass is 32.2. The Morgan fingerprint density at radius 1 is 0.900 bits per heavy atom. The van der Waals surface area contributed by atoms with E-state index in [4.69, 9.17) is 4.84 Å². The highest BCUT2D eigenvalue weighted by Crippen LogP contribution is 2.42. The first-order valence-corrected chi connectivity index (χ1v) is 7.77. The molecule has 104 valence electrons. The molecule has 0 amide bonds. The van der Waals surface area contributed by atoms with Crippen LogP contribution in [0.25, 0.3) is 0 Å². The van der Waals surface area contributed by atoms with Crippen molar-refractivity contribution in [2.45, 2.75) is 25.0 Å². The van der Waals surface area contributed by atoms with Crippen LogP contribution in [0.4, 0.5) is 0 Å². The summed E-state index contributed by atoms with van der Waals surface area (Å²) in [5, 5.41) is 0. The second-order valence-electron chi connectivity index (χ2n) is 4.94. The van der Waals surface area contributed by atoms with Gasteiger partial charge in [-0.05, 0) is 30.4 Å². The summed E-state index contributed by atoms with van der Waals surface area (Å²) in [6.07, 6.45) is -0.512. The molecule has 0 N–H and O–H groups in total. The van der Waals surface area contributed by atoms with Crippen molar-refractivity contribution < 1.29 is 13.3 Å². The van der Waals surface area contributed by atoms with Gasteiger partial charge in [-0.3, -0.25) is 4.84 Å². The number of sulfonamides is 1. The van der Waals surface area contributed by atoms with E-state index in [1.165, 1.54) is 0 Å². The molecule has 2 aromatic carbocycles. The lowest BCUT2D eigenvalue weighted by Gasteiger charge is -2.03. The van der Waals surface area contributed by atoms with E-state index >= 15 is 0 Å². The minimum atomic E-state index is -3.58. The zero-order valence-corrected chi connectivity index (χ0v) is 12.1. The molecule has 1 aliphatic rings. The van der Waals surface area contributed by atoms with Crippen molar-refractivity contribution in [2.75, 3.05) is 0 Å². The SMILES string of the molecule is Cc1ccc([C@@H]2ON2S(=O)(=O)c2ccc(C)cc2)cc1. The van der Waals surface area contributed by atoms with Crippen LogP contribution < -0.4 is 0 Å². The van der Waals surface area contributed by atoms with Crippen LogP contribution in [0.5, 0.6) is 0 Å². The van der Waals surface area contributed by atoms with E-state index in [1.54, 1.807) is 24.3 Å². The molecule has 1 aliphatic heterocycles. The number of hydrogen-bond acceptors (Lipinski definition) is 3. The molecule has 5 heteroatoms. The molecule has 0 saturated carbocycles. The lowest BCUT2D eigenvalue weighted by Crippen LogP contribution is -2.12. The smallest absolute Gasteiger partial charge is 0.253 e. The lowest BCUT2D eigenvalue weighted by molar-refractivity contribution is 0.283. The van der Waals surface area contributed by atoms with Crippen molar-refractivity contribution in [3.05, 3.63) is 65.2 Å². The van der Waals surface area contributed by atoms with Crippen LogP contribution in [-0.4, -0.2) is 12.9 Å². The van der Waals surface area contributed by atoms with E-state index in [0.717, 1.165) is 21.2 Å². The maximum atomic E-state index is 12.4. The first-order chi connectivity index (χ1) is 9.48. The quantitative estimate of drug-likeness (QED) is 0.816. The Bertz CT molecular complexity index is 721. The van der Waals surface area contributed by atoms with E-state index < -0.39 is 16.3 Å². The normalized spacial score (nSPS) is 21.7. The van der Waals surface area contributed by atoms with Gasteiger partial charge >= 0.3 is 0 Å². The number of rotatable bonds is 3. The fraction of sp³-hybridized carbons (Fsp3) is 0.200. The van der Waals surface area contributed by atoms with Gasteiger partial charge in [0.05, 0.1) is 4.90 Å². The van der Waals surface area contributed by atoms with E-state index in [9.17, 15) is 8.42 Å². The van der Waals surface area contributed by atoms with Crippen LogP contribution in [0.3, 0.4) is 0 Å². The van der Waals surface area contributed by atoms with Gasteiger partial charge in [-0.15, -0.1) is 0 Å². The molecule has 0 spiro atoms. The molecule has 2 atom stereocenters. The van der Waals surface area contributed by atoms with Crippen molar-refractivity contribution in [1.82, 2.24) is 4.47 Å². The molecular weight excluding hydrogens is 274 g/mol. The number of hydroxylamine groups is 1. The molecular formula is C15H15NO3S. The Hall–Kier alpha value is -1.69. The van der Waals surface area contributed by atoms with E-state index in [-0.39, 0.29) is 4.90 Å². The van der Waals surface area contributed by atoms with E-state index in [1.807, 2.05) is 38.1 Å². The number of aryl methyl sites for hydroxylation is 2. The predicted molar refractivity (Wildman–Crippen MR) is 75.2 cm³/mol. The van der Waals surface area contributed by atoms with Gasteiger partial charge in [0.15, 0.2) is 6.23 Å². The summed E-state index contributed by atoms with van der Waals surface area (Å²) in [5.74, 6) is 0. The fourth-order valence-corrected chi connectivity index (χ4v) is 3.24. The number of hydrogen-bond donors (Lipinski definition) is 0. The van der Waals surface area contributed by atoms with Gasteiger partial charge in [0, 0.05) is 5.56 Å². The first kappa shape index (κ1) is 13.3. The predicted octanol–water partition coefficient (Wildman–Crippen LogP) is 2.94. The average Bonchev–Trinajstić information content (AvgIpc) is 3.21. The summed E-state index contributed by atoms with van der Waals surface area (Å²) in [7, 11) is -3.58. The minimum Gasteiger partial charge on any atom is -0.253 e. The van der Waals surface area contributed by atoms with Crippen molar-refractivity contribution in [2.24, 2.45) is 0 Å². The number of benzene rings is 2. The van der Waals surface area contributed by atoms with Crippen LogP contribution in [-0.2, 0) is 14.9 Å². The second-order valence-corrected chi connectivity index (χ2v) is 6.72. The average molecular weight is 289 g/mol. The van der Waals surface area contributed by atoms with Gasteiger partial charge in [-0.25, -0.2) is 8.42 Å². The molecule has 2 aromatic rings. The van der Waals surface area contributed by atoms with Crippen molar-refractivity contribution in [3.63, 3.8) is 0 Å². The third kappa shape index (κ3) is 2.35. The molecule has 20 heavy (non-hydrogen) atoms. The zero-order valence-electron chi connectivity index (χ0n) is 11.3. The Kier molecular flexibility index (Phi) is 3.12. The molecule has 1 unspecified atom stereocenters. The Balaban J connectivity index is 1.84. The minimum absolute atomic E-state index is 0.248. The molecule has 1 fully saturated rings. The van der Waals surface area contributed by atoms with Crippen LogP contribution >= 0.6 is 0 Å². The summed E-state index contributed by atoms with van der Waals surface area (Å²) in [4.78, 5) is 5.49. The van der Waals surface area contributed by atoms with Gasteiger partial charge in [0.2, 0.25) is 0 Å². The summed E-state index contributed by atoms with van der Waals surface area (Å²) in [5.41, 5.74) is 2.99. The summed E-state index contributed by atoms with van der Waals surface area (Å²) >= 11 is 0. The fourth-order valence-electron chi connectivity index (χ4n) is 1.98. The van der Waals surface area contributed by atoms with Crippen LogP contribution in [0.2, 0.25) is 0 Å². The summed E-state index contributed by atoms with van der Waals surface area (Å²) in [6.45, 7) is 3.90. The summed E-state index contributed by atoms with van der Waals surface area (Å²) in [6, 6.07) is 14.4. The number of nitrogens with zero attached hydrogens (tertiary/aromatic N) is 1. The third-order valence-electron chi connectivity index (χ3n) is 3.27. The van der Waals surface area contributed by atoms with E-state index in [2.05, 4.69) is 0 Å². The molecule has 0 aliphatic carbocycles. The van der Waals surface area contributed by atoms with Crippen LogP contribution in [0.1, 0.15) is 22.9 Å². The van der Waals surface area contributed by atoms with Gasteiger partial charge in [-0.1, -0.05) is 47.5 Å². The molecule has 3 rings (SSSR count). The van der Waals surface area contributed by atoms with Gasteiger partial charge in [-0.2, -0.15) is 0 Å². The maximum absolute atomic E-state index is 12.4. The molecule has 0 bridgehead atoms. The summed E-state index contributed by atoms with van der Waals surface area (Å²) < 4.78 is 25.8. The van der Waals surface area contributed by atoms with Gasteiger partial charge in [0.1, 0.15) is 0 Å². The van der Waals surface area contributed by atoms with Gasteiger partial charge < -0.3 is 0 Å².